The van der Waals surface area contributed by atoms with E-state index in [-0.39, 0.29) is 15.6 Å². The van der Waals surface area contributed by atoms with Gasteiger partial charge in [-0.05, 0) is 18.4 Å². The lowest BCUT2D eigenvalue weighted by molar-refractivity contribution is 0.602. The first-order valence-corrected chi connectivity index (χ1v) is 8.16. The van der Waals surface area contributed by atoms with Crippen LogP contribution in [0.1, 0.15) is 0 Å². The molecule has 18 heavy (non-hydrogen) atoms. The van der Waals surface area contributed by atoms with Crippen LogP contribution in [0.4, 0.5) is 5.69 Å². The molecule has 1 N–H and O–H groups in total. The molecule has 96 valence electrons. The number of halogens is 1. The number of aliphatic imine (C=N–C) groups is 1. The second kappa shape index (κ2) is 6.09. The van der Waals surface area contributed by atoms with Crippen LogP contribution >= 0.6 is 23.4 Å². The van der Waals surface area contributed by atoms with Gasteiger partial charge in [0.25, 0.3) is 0 Å². The van der Waals surface area contributed by atoms with E-state index < -0.39 is 9.84 Å². The van der Waals surface area contributed by atoms with Gasteiger partial charge in [0.05, 0.1) is 10.7 Å². The molecular formula is C10H10ClN3O2S2. The van der Waals surface area contributed by atoms with Crippen molar-refractivity contribution >= 4 is 44.1 Å². The number of hydrogen-bond acceptors (Lipinski definition) is 5. The maximum atomic E-state index is 11.7. The lowest BCUT2D eigenvalue weighted by Gasteiger charge is -2.07. The van der Waals surface area contributed by atoms with Crippen LogP contribution in [0.2, 0.25) is 5.02 Å². The second-order valence-corrected chi connectivity index (χ2v) is 6.37. The molecule has 0 saturated heterocycles. The molecule has 0 aliphatic carbocycles. The lowest BCUT2D eigenvalue weighted by Crippen LogP contribution is -2.12. The molecule has 0 aliphatic heterocycles. The van der Waals surface area contributed by atoms with Gasteiger partial charge in [0.2, 0.25) is 0 Å². The Morgan fingerprint density at radius 3 is 2.72 bits per heavy atom. The average molecular weight is 304 g/mol. The molecule has 1 aromatic rings. The van der Waals surface area contributed by atoms with Gasteiger partial charge in [-0.3, -0.25) is 5.32 Å². The summed E-state index contributed by atoms with van der Waals surface area (Å²) in [4.78, 5) is 4.03. The van der Waals surface area contributed by atoms with Gasteiger partial charge >= 0.3 is 0 Å². The largest absolute Gasteiger partial charge is 0.271 e. The summed E-state index contributed by atoms with van der Waals surface area (Å²) in [7, 11) is -3.49. The number of benzene rings is 1. The minimum atomic E-state index is -3.49. The molecule has 0 bridgehead atoms. The molecular weight excluding hydrogens is 294 g/mol. The molecule has 0 fully saturated rings. The number of amidine groups is 1. The van der Waals surface area contributed by atoms with E-state index in [1.54, 1.807) is 18.5 Å². The van der Waals surface area contributed by atoms with Crippen molar-refractivity contribution in [2.24, 2.45) is 4.99 Å². The first-order valence-electron chi connectivity index (χ1n) is 4.66. The van der Waals surface area contributed by atoms with Crippen LogP contribution in [0.5, 0.6) is 0 Å². The molecule has 1 rings (SSSR count). The van der Waals surface area contributed by atoms with E-state index in [0.717, 1.165) is 6.26 Å². The van der Waals surface area contributed by atoms with Gasteiger partial charge in [-0.25, -0.2) is 13.4 Å². The van der Waals surface area contributed by atoms with E-state index in [9.17, 15) is 8.42 Å². The highest BCUT2D eigenvalue weighted by atomic mass is 35.5. The Kier molecular flexibility index (Phi) is 5.02. The Balaban J connectivity index is 3.43. The number of nitriles is 1. The highest BCUT2D eigenvalue weighted by Gasteiger charge is 2.17. The molecule has 0 atom stereocenters. The quantitative estimate of drug-likeness (QED) is 0.392. The van der Waals surface area contributed by atoms with Gasteiger partial charge in [0, 0.05) is 6.26 Å². The van der Waals surface area contributed by atoms with Crippen LogP contribution in [-0.2, 0) is 9.84 Å². The summed E-state index contributed by atoms with van der Waals surface area (Å²) in [5, 5.41) is 11.3. The third-order valence-corrected chi connectivity index (χ3v) is 4.07. The number of sulfone groups is 1. The predicted molar refractivity (Wildman–Crippen MR) is 73.9 cm³/mol. The zero-order chi connectivity index (χ0) is 13.8. The summed E-state index contributed by atoms with van der Waals surface area (Å²) in [6.45, 7) is 0. The Morgan fingerprint density at radius 2 is 2.22 bits per heavy atom. The van der Waals surface area contributed by atoms with Crippen molar-refractivity contribution in [2.75, 3.05) is 12.5 Å². The fraction of sp³-hybridized carbons (Fsp3) is 0.200. The van der Waals surface area contributed by atoms with E-state index in [1.807, 2.05) is 0 Å². The molecule has 0 saturated carbocycles. The zero-order valence-electron chi connectivity index (χ0n) is 9.64. The summed E-state index contributed by atoms with van der Waals surface area (Å²) < 4.78 is 23.3. The Hall–Kier alpha value is -1.23. The lowest BCUT2D eigenvalue weighted by atomic mass is 10.3. The first-order chi connectivity index (χ1) is 8.40. The normalized spacial score (nSPS) is 12.0. The number of hydrogen-bond donors (Lipinski definition) is 1. The highest BCUT2D eigenvalue weighted by molar-refractivity contribution is 8.13. The predicted octanol–water partition coefficient (Wildman–Crippen LogP) is 2.16. The van der Waals surface area contributed by atoms with Crippen LogP contribution < -0.4 is 5.32 Å². The maximum absolute atomic E-state index is 11.7. The highest BCUT2D eigenvalue weighted by Crippen LogP contribution is 2.31. The van der Waals surface area contributed by atoms with Gasteiger partial charge in [-0.2, -0.15) is 5.26 Å². The zero-order valence-corrected chi connectivity index (χ0v) is 12.0. The fourth-order valence-corrected chi connectivity index (χ4v) is 3.08. The van der Waals surface area contributed by atoms with E-state index in [1.165, 1.54) is 23.9 Å². The molecule has 0 unspecified atom stereocenters. The first kappa shape index (κ1) is 14.8. The van der Waals surface area contributed by atoms with Gasteiger partial charge in [0.1, 0.15) is 4.90 Å². The standard InChI is InChI=1S/C10H10ClN3O2S2/c1-17-10(13-6-12)14-8-5-3-4-7(11)9(8)18(2,15)16/h3-5H,1-2H3,(H,13,14). The van der Waals surface area contributed by atoms with Gasteiger partial charge in [-0.1, -0.05) is 29.4 Å². The summed E-state index contributed by atoms with van der Waals surface area (Å²) >= 11 is 7.07. The van der Waals surface area contributed by atoms with Crippen LogP contribution in [0.15, 0.2) is 28.1 Å². The number of nitrogens with zero attached hydrogens (tertiary/aromatic N) is 2. The minimum absolute atomic E-state index is 0.0436. The van der Waals surface area contributed by atoms with Crippen molar-refractivity contribution in [3.63, 3.8) is 0 Å². The van der Waals surface area contributed by atoms with E-state index in [0.29, 0.717) is 5.17 Å². The molecule has 0 amide bonds. The van der Waals surface area contributed by atoms with Crippen LogP contribution in [0.3, 0.4) is 0 Å². The van der Waals surface area contributed by atoms with Gasteiger partial charge < -0.3 is 0 Å². The van der Waals surface area contributed by atoms with E-state index in [2.05, 4.69) is 10.3 Å². The maximum Gasteiger partial charge on any atom is 0.183 e. The molecule has 0 radical (unpaired) electrons. The molecule has 1 aromatic carbocycles. The van der Waals surface area contributed by atoms with Gasteiger partial charge in [0.15, 0.2) is 21.2 Å². The molecule has 0 heterocycles. The third kappa shape index (κ3) is 3.63. The van der Waals surface area contributed by atoms with Crippen molar-refractivity contribution in [1.82, 2.24) is 5.32 Å². The fourth-order valence-electron chi connectivity index (χ4n) is 1.23. The van der Waals surface area contributed by atoms with Crippen molar-refractivity contribution in [2.45, 2.75) is 4.90 Å². The SMILES string of the molecule is CSC(=Nc1cccc(Cl)c1S(C)(=O)=O)NC#N. The third-order valence-electron chi connectivity index (χ3n) is 1.90. The summed E-state index contributed by atoms with van der Waals surface area (Å²) in [5.74, 6) is 0. The summed E-state index contributed by atoms with van der Waals surface area (Å²) in [5.41, 5.74) is 0.206. The molecule has 0 aliphatic rings. The molecule has 8 heteroatoms. The van der Waals surface area contributed by atoms with E-state index >= 15 is 0 Å². The van der Waals surface area contributed by atoms with Crippen LogP contribution in [0, 0.1) is 11.5 Å². The molecule has 0 spiro atoms. The van der Waals surface area contributed by atoms with Crippen LogP contribution in [-0.4, -0.2) is 26.1 Å². The van der Waals surface area contributed by atoms with Crippen LogP contribution in [0.25, 0.3) is 0 Å². The van der Waals surface area contributed by atoms with E-state index in [4.69, 9.17) is 16.9 Å². The minimum Gasteiger partial charge on any atom is -0.271 e. The Labute approximate surface area is 115 Å². The number of nitrogens with one attached hydrogen (secondary N) is 1. The summed E-state index contributed by atoms with van der Waals surface area (Å²) in [6.07, 6.45) is 4.50. The van der Waals surface area contributed by atoms with Crippen molar-refractivity contribution in [3.8, 4) is 6.19 Å². The molecule has 5 nitrogen and oxygen atoms in total. The smallest absolute Gasteiger partial charge is 0.183 e. The topological polar surface area (TPSA) is 82.3 Å². The number of thioether (sulfide) groups is 1. The average Bonchev–Trinajstić information content (AvgIpc) is 2.26. The Morgan fingerprint density at radius 1 is 1.56 bits per heavy atom. The second-order valence-electron chi connectivity index (χ2n) is 3.22. The Bertz CT molecular complexity index is 621. The van der Waals surface area contributed by atoms with Crippen molar-refractivity contribution in [3.05, 3.63) is 23.2 Å². The van der Waals surface area contributed by atoms with Crippen molar-refractivity contribution in [1.29, 1.82) is 5.26 Å². The monoisotopic (exact) mass is 303 g/mol. The van der Waals surface area contributed by atoms with Crippen molar-refractivity contribution < 1.29 is 8.42 Å². The summed E-state index contributed by atoms with van der Waals surface area (Å²) in [6, 6.07) is 4.60. The molecule has 0 aromatic heterocycles. The van der Waals surface area contributed by atoms with Gasteiger partial charge in [-0.15, -0.1) is 0 Å². The number of rotatable bonds is 2.